The molecule has 1 amide bonds. The van der Waals surface area contributed by atoms with Crippen LogP contribution in [0.15, 0.2) is 5.51 Å². The lowest BCUT2D eigenvalue weighted by molar-refractivity contribution is -0.122. The number of hydrogen-bond acceptors (Lipinski definition) is 5. The Morgan fingerprint density at radius 1 is 1.76 bits per heavy atom. The van der Waals surface area contributed by atoms with Gasteiger partial charge in [-0.3, -0.25) is 4.79 Å². The van der Waals surface area contributed by atoms with Gasteiger partial charge in [0.1, 0.15) is 0 Å². The first-order valence-corrected chi connectivity index (χ1v) is 6.60. The molecule has 2 rings (SSSR count). The molecule has 1 saturated heterocycles. The Hall–Kier alpha value is -0.980. The van der Waals surface area contributed by atoms with Crippen LogP contribution in [0.2, 0.25) is 0 Å². The molecular formula is C11H17N3O2S. The number of carbonyl (C=O) groups excluding carboxylic acids is 1. The summed E-state index contributed by atoms with van der Waals surface area (Å²) < 4.78 is 5.30. The first kappa shape index (κ1) is 12.5. The highest BCUT2D eigenvalue weighted by Crippen LogP contribution is 2.11. The van der Waals surface area contributed by atoms with Crippen LogP contribution in [-0.2, 0) is 16.1 Å². The lowest BCUT2D eigenvalue weighted by Crippen LogP contribution is -2.44. The van der Waals surface area contributed by atoms with E-state index in [0.29, 0.717) is 19.6 Å². The van der Waals surface area contributed by atoms with Crippen molar-refractivity contribution in [2.75, 3.05) is 19.8 Å². The van der Waals surface area contributed by atoms with Crippen molar-refractivity contribution in [3.05, 3.63) is 16.1 Å². The molecule has 1 aromatic rings. The lowest BCUT2D eigenvalue weighted by Gasteiger charge is -2.23. The van der Waals surface area contributed by atoms with Gasteiger partial charge in [-0.1, -0.05) is 0 Å². The van der Waals surface area contributed by atoms with E-state index < -0.39 is 0 Å². The third kappa shape index (κ3) is 3.76. The molecule has 1 unspecified atom stereocenters. The maximum Gasteiger partial charge on any atom is 0.221 e. The summed E-state index contributed by atoms with van der Waals surface area (Å²) in [7, 11) is 0. The number of hydrogen-bond donors (Lipinski definition) is 2. The summed E-state index contributed by atoms with van der Waals surface area (Å²) >= 11 is 1.57. The number of thiazole rings is 1. The zero-order valence-corrected chi connectivity index (χ0v) is 10.7. The van der Waals surface area contributed by atoms with E-state index in [-0.39, 0.29) is 11.9 Å². The average molecular weight is 255 g/mol. The van der Waals surface area contributed by atoms with Crippen molar-refractivity contribution in [2.24, 2.45) is 0 Å². The highest BCUT2D eigenvalue weighted by atomic mass is 32.1. The molecule has 1 atom stereocenters. The second kappa shape index (κ2) is 6.09. The Labute approximate surface area is 105 Å². The van der Waals surface area contributed by atoms with Crippen molar-refractivity contribution < 1.29 is 9.53 Å². The Morgan fingerprint density at radius 2 is 2.65 bits per heavy atom. The van der Waals surface area contributed by atoms with Gasteiger partial charge < -0.3 is 15.4 Å². The Bertz CT molecular complexity index is 375. The smallest absolute Gasteiger partial charge is 0.221 e. The van der Waals surface area contributed by atoms with E-state index in [9.17, 15) is 4.79 Å². The molecular weight excluding hydrogens is 238 g/mol. The minimum atomic E-state index is 0.0563. The number of morpholine rings is 1. The predicted molar refractivity (Wildman–Crippen MR) is 65.9 cm³/mol. The highest BCUT2D eigenvalue weighted by Gasteiger charge is 2.16. The van der Waals surface area contributed by atoms with Crippen LogP contribution in [0.25, 0.3) is 0 Å². The molecule has 1 aromatic heterocycles. The number of aromatic nitrogens is 1. The van der Waals surface area contributed by atoms with E-state index in [4.69, 9.17) is 4.74 Å². The van der Waals surface area contributed by atoms with E-state index in [0.717, 1.165) is 23.7 Å². The van der Waals surface area contributed by atoms with Crippen molar-refractivity contribution in [1.82, 2.24) is 15.6 Å². The molecule has 0 saturated carbocycles. The SMILES string of the molecule is Cc1ncsc1CNC(=O)CC1COCCN1. The third-order valence-electron chi connectivity index (χ3n) is 2.72. The van der Waals surface area contributed by atoms with Crippen molar-refractivity contribution in [1.29, 1.82) is 0 Å². The maximum atomic E-state index is 11.7. The lowest BCUT2D eigenvalue weighted by atomic mass is 10.2. The summed E-state index contributed by atoms with van der Waals surface area (Å²) in [6, 6.07) is 0.145. The van der Waals surface area contributed by atoms with Gasteiger partial charge in [0.2, 0.25) is 5.91 Å². The molecule has 1 aliphatic rings. The number of aryl methyl sites for hydroxylation is 1. The number of carbonyl (C=O) groups is 1. The Balaban J connectivity index is 1.72. The van der Waals surface area contributed by atoms with Gasteiger partial charge in [-0.05, 0) is 6.92 Å². The predicted octanol–water partition coefficient (Wildman–Crippen LogP) is 0.446. The van der Waals surface area contributed by atoms with Gasteiger partial charge in [-0.15, -0.1) is 11.3 Å². The quantitative estimate of drug-likeness (QED) is 0.820. The van der Waals surface area contributed by atoms with Crippen LogP contribution in [0.3, 0.4) is 0 Å². The van der Waals surface area contributed by atoms with E-state index in [2.05, 4.69) is 15.6 Å². The summed E-state index contributed by atoms with van der Waals surface area (Å²) in [5, 5.41) is 6.17. The third-order valence-corrected chi connectivity index (χ3v) is 3.66. The van der Waals surface area contributed by atoms with Crippen molar-refractivity contribution >= 4 is 17.2 Å². The number of ether oxygens (including phenoxy) is 1. The van der Waals surface area contributed by atoms with Crippen molar-refractivity contribution in [3.63, 3.8) is 0 Å². The van der Waals surface area contributed by atoms with Gasteiger partial charge in [0.15, 0.2) is 0 Å². The van der Waals surface area contributed by atoms with Crippen LogP contribution in [0.4, 0.5) is 0 Å². The summed E-state index contributed by atoms with van der Waals surface area (Å²) in [4.78, 5) is 17.0. The van der Waals surface area contributed by atoms with Crippen LogP contribution in [0, 0.1) is 6.92 Å². The second-order valence-corrected chi connectivity index (χ2v) is 5.01. The topological polar surface area (TPSA) is 63.2 Å². The van der Waals surface area contributed by atoms with Crippen LogP contribution < -0.4 is 10.6 Å². The van der Waals surface area contributed by atoms with Crippen LogP contribution in [0.5, 0.6) is 0 Å². The molecule has 0 spiro atoms. The van der Waals surface area contributed by atoms with Gasteiger partial charge >= 0.3 is 0 Å². The number of amides is 1. The summed E-state index contributed by atoms with van der Waals surface area (Å²) in [5.41, 5.74) is 2.79. The molecule has 17 heavy (non-hydrogen) atoms. The molecule has 0 bridgehead atoms. The molecule has 6 heteroatoms. The average Bonchev–Trinajstić information content (AvgIpc) is 2.74. The van der Waals surface area contributed by atoms with Gasteiger partial charge in [0.25, 0.3) is 0 Å². The van der Waals surface area contributed by atoms with Gasteiger partial charge in [0.05, 0.1) is 31.0 Å². The van der Waals surface area contributed by atoms with Crippen LogP contribution in [0.1, 0.15) is 17.0 Å². The van der Waals surface area contributed by atoms with E-state index in [1.165, 1.54) is 0 Å². The zero-order valence-electron chi connectivity index (χ0n) is 9.86. The summed E-state index contributed by atoms with van der Waals surface area (Å²) in [5.74, 6) is 0.0563. The number of nitrogens with one attached hydrogen (secondary N) is 2. The maximum absolute atomic E-state index is 11.7. The number of nitrogens with zero attached hydrogens (tertiary/aromatic N) is 1. The zero-order chi connectivity index (χ0) is 12.1. The first-order chi connectivity index (χ1) is 8.25. The van der Waals surface area contributed by atoms with Crippen LogP contribution >= 0.6 is 11.3 Å². The molecule has 5 nitrogen and oxygen atoms in total. The van der Waals surface area contributed by atoms with E-state index in [1.807, 2.05) is 6.92 Å². The molecule has 1 fully saturated rings. The van der Waals surface area contributed by atoms with Gasteiger partial charge in [-0.25, -0.2) is 4.98 Å². The largest absolute Gasteiger partial charge is 0.378 e. The fourth-order valence-corrected chi connectivity index (χ4v) is 2.44. The van der Waals surface area contributed by atoms with Crippen molar-refractivity contribution in [3.8, 4) is 0 Å². The number of rotatable bonds is 4. The molecule has 1 aliphatic heterocycles. The molecule has 0 aromatic carbocycles. The molecule has 0 aliphatic carbocycles. The van der Waals surface area contributed by atoms with Gasteiger partial charge in [-0.2, -0.15) is 0 Å². The van der Waals surface area contributed by atoms with E-state index >= 15 is 0 Å². The van der Waals surface area contributed by atoms with Crippen molar-refractivity contribution in [2.45, 2.75) is 25.9 Å². The fraction of sp³-hybridized carbons (Fsp3) is 0.636. The Kier molecular flexibility index (Phi) is 4.47. The second-order valence-electron chi connectivity index (χ2n) is 4.07. The molecule has 94 valence electrons. The minimum absolute atomic E-state index is 0.0563. The fourth-order valence-electron chi connectivity index (χ4n) is 1.72. The molecule has 2 heterocycles. The Morgan fingerprint density at radius 3 is 3.29 bits per heavy atom. The standard InChI is InChI=1S/C11H17N3O2S/c1-8-10(17-7-14-8)5-13-11(15)4-9-6-16-3-2-12-9/h7,9,12H,2-6H2,1H3,(H,13,15). The minimum Gasteiger partial charge on any atom is -0.378 e. The summed E-state index contributed by atoms with van der Waals surface area (Å²) in [6.07, 6.45) is 0.470. The van der Waals surface area contributed by atoms with Gasteiger partial charge in [0, 0.05) is 23.9 Å². The normalized spacial score (nSPS) is 20.2. The molecule has 2 N–H and O–H groups in total. The molecule has 0 radical (unpaired) electrons. The monoisotopic (exact) mass is 255 g/mol. The summed E-state index contributed by atoms with van der Waals surface area (Å²) in [6.45, 7) is 4.70. The highest BCUT2D eigenvalue weighted by molar-refractivity contribution is 7.09. The first-order valence-electron chi connectivity index (χ1n) is 5.72. The van der Waals surface area contributed by atoms with Crippen LogP contribution in [-0.4, -0.2) is 36.7 Å². The van der Waals surface area contributed by atoms with E-state index in [1.54, 1.807) is 16.8 Å².